The van der Waals surface area contributed by atoms with Gasteiger partial charge in [0.25, 0.3) is 5.92 Å². The highest BCUT2D eigenvalue weighted by Gasteiger charge is 2.40. The molecule has 0 spiro atoms. The van der Waals surface area contributed by atoms with E-state index in [0.29, 0.717) is 0 Å². The molecule has 0 amide bonds. The van der Waals surface area contributed by atoms with E-state index >= 15 is 0 Å². The van der Waals surface area contributed by atoms with Gasteiger partial charge in [-0.3, -0.25) is 0 Å². The summed E-state index contributed by atoms with van der Waals surface area (Å²) in [7, 11) is 0. The SMILES string of the molecule is [N-]=[N+]=NC1CCC(F)(F)C[C@@H]1O. The van der Waals surface area contributed by atoms with Crippen LogP contribution in [0.25, 0.3) is 10.4 Å². The van der Waals surface area contributed by atoms with Gasteiger partial charge in [-0.25, -0.2) is 8.78 Å². The fourth-order valence-electron chi connectivity index (χ4n) is 1.30. The average molecular weight is 177 g/mol. The topological polar surface area (TPSA) is 69.0 Å². The van der Waals surface area contributed by atoms with Crippen molar-refractivity contribution in [3.8, 4) is 0 Å². The molecule has 4 nitrogen and oxygen atoms in total. The number of nitrogens with zero attached hydrogens (tertiary/aromatic N) is 3. The number of halogens is 2. The minimum absolute atomic E-state index is 0.0538. The van der Waals surface area contributed by atoms with Crippen molar-refractivity contribution < 1.29 is 13.9 Å². The third kappa shape index (κ3) is 2.06. The minimum atomic E-state index is -2.80. The molecule has 1 aliphatic rings. The molecule has 0 aliphatic heterocycles. The van der Waals surface area contributed by atoms with E-state index in [1.807, 2.05) is 0 Å². The van der Waals surface area contributed by atoms with Gasteiger partial charge in [-0.05, 0) is 12.0 Å². The lowest BCUT2D eigenvalue weighted by molar-refractivity contribution is -0.0824. The summed E-state index contributed by atoms with van der Waals surface area (Å²) in [4.78, 5) is 2.48. The summed E-state index contributed by atoms with van der Waals surface area (Å²) in [6.07, 6.45) is -2.06. The maximum atomic E-state index is 12.6. The van der Waals surface area contributed by atoms with Gasteiger partial charge in [0.1, 0.15) is 0 Å². The molecular weight excluding hydrogens is 168 g/mol. The zero-order chi connectivity index (χ0) is 9.19. The van der Waals surface area contributed by atoms with Crippen molar-refractivity contribution in [2.45, 2.75) is 37.3 Å². The van der Waals surface area contributed by atoms with Crippen LogP contribution in [0.3, 0.4) is 0 Å². The van der Waals surface area contributed by atoms with Crippen LogP contribution in [-0.4, -0.2) is 23.2 Å². The van der Waals surface area contributed by atoms with Crippen LogP contribution < -0.4 is 0 Å². The molecule has 1 fully saturated rings. The fraction of sp³-hybridized carbons (Fsp3) is 1.00. The largest absolute Gasteiger partial charge is 0.392 e. The normalized spacial score (nSPS) is 33.9. The zero-order valence-corrected chi connectivity index (χ0v) is 6.32. The van der Waals surface area contributed by atoms with E-state index < -0.39 is 24.5 Å². The first-order chi connectivity index (χ1) is 5.55. The summed E-state index contributed by atoms with van der Waals surface area (Å²) in [6, 6.07) is -0.686. The number of hydrogen-bond acceptors (Lipinski definition) is 2. The highest BCUT2D eigenvalue weighted by molar-refractivity contribution is 4.88. The van der Waals surface area contributed by atoms with E-state index in [1.54, 1.807) is 0 Å². The van der Waals surface area contributed by atoms with Crippen molar-refractivity contribution in [2.75, 3.05) is 0 Å². The quantitative estimate of drug-likeness (QED) is 0.370. The molecule has 0 aromatic carbocycles. The van der Waals surface area contributed by atoms with Gasteiger partial charge in [0, 0.05) is 17.8 Å². The summed E-state index contributed by atoms with van der Waals surface area (Å²) < 4.78 is 25.1. The molecular formula is C6H9F2N3O. The Labute approximate surface area is 67.8 Å². The second-order valence-electron chi connectivity index (χ2n) is 2.94. The van der Waals surface area contributed by atoms with E-state index in [0.717, 1.165) is 0 Å². The summed E-state index contributed by atoms with van der Waals surface area (Å²) >= 11 is 0. The first-order valence-electron chi connectivity index (χ1n) is 3.65. The number of azide groups is 1. The van der Waals surface area contributed by atoms with Crippen LogP contribution in [0, 0.1) is 0 Å². The molecule has 12 heavy (non-hydrogen) atoms. The number of alkyl halides is 2. The lowest BCUT2D eigenvalue weighted by Crippen LogP contribution is -2.38. The van der Waals surface area contributed by atoms with E-state index in [9.17, 15) is 8.78 Å². The van der Waals surface area contributed by atoms with Crippen LogP contribution in [0.5, 0.6) is 0 Å². The van der Waals surface area contributed by atoms with Crippen molar-refractivity contribution in [1.29, 1.82) is 0 Å². The van der Waals surface area contributed by atoms with Crippen molar-refractivity contribution in [3.63, 3.8) is 0 Å². The molecule has 0 saturated heterocycles. The van der Waals surface area contributed by atoms with Gasteiger partial charge in [0.05, 0.1) is 12.1 Å². The lowest BCUT2D eigenvalue weighted by atomic mass is 9.90. The van der Waals surface area contributed by atoms with E-state index in [-0.39, 0.29) is 12.8 Å². The summed E-state index contributed by atoms with van der Waals surface area (Å²) in [5.74, 6) is -2.80. The van der Waals surface area contributed by atoms with Crippen LogP contribution in [0.2, 0.25) is 0 Å². The predicted octanol–water partition coefficient (Wildman–Crippen LogP) is 1.85. The number of rotatable bonds is 1. The van der Waals surface area contributed by atoms with Crippen LogP contribution in [-0.2, 0) is 0 Å². The van der Waals surface area contributed by atoms with Crippen LogP contribution in [0.1, 0.15) is 19.3 Å². The van der Waals surface area contributed by atoms with Gasteiger partial charge >= 0.3 is 0 Å². The molecule has 0 aromatic heterocycles. The van der Waals surface area contributed by atoms with Crippen molar-refractivity contribution in [1.82, 2.24) is 0 Å². The minimum Gasteiger partial charge on any atom is -0.392 e. The molecule has 0 heterocycles. The van der Waals surface area contributed by atoms with Gasteiger partial charge in [-0.15, -0.1) is 0 Å². The van der Waals surface area contributed by atoms with Gasteiger partial charge in [-0.1, -0.05) is 5.11 Å². The maximum Gasteiger partial charge on any atom is 0.250 e. The average Bonchev–Trinajstić information content (AvgIpc) is 1.94. The first-order valence-corrected chi connectivity index (χ1v) is 3.65. The Hall–Kier alpha value is -0.870. The Kier molecular flexibility index (Phi) is 2.49. The monoisotopic (exact) mass is 177 g/mol. The third-order valence-electron chi connectivity index (χ3n) is 1.96. The van der Waals surface area contributed by atoms with Gasteiger partial charge < -0.3 is 5.11 Å². The van der Waals surface area contributed by atoms with Crippen LogP contribution in [0.4, 0.5) is 8.78 Å². The summed E-state index contributed by atoms with van der Waals surface area (Å²) in [5.41, 5.74) is 8.03. The smallest absolute Gasteiger partial charge is 0.250 e. The van der Waals surface area contributed by atoms with E-state index in [2.05, 4.69) is 10.0 Å². The predicted molar refractivity (Wildman–Crippen MR) is 37.7 cm³/mol. The second kappa shape index (κ2) is 3.25. The zero-order valence-electron chi connectivity index (χ0n) is 6.32. The van der Waals surface area contributed by atoms with E-state index in [4.69, 9.17) is 10.6 Å². The molecule has 6 heteroatoms. The highest BCUT2D eigenvalue weighted by Crippen LogP contribution is 2.34. The molecule has 1 rings (SSSR count). The molecule has 0 radical (unpaired) electrons. The van der Waals surface area contributed by atoms with Crippen molar-refractivity contribution in [2.24, 2.45) is 5.11 Å². The Bertz CT molecular complexity index is 215. The molecule has 0 bridgehead atoms. The second-order valence-corrected chi connectivity index (χ2v) is 2.94. The lowest BCUT2D eigenvalue weighted by Gasteiger charge is -2.29. The molecule has 1 aliphatic carbocycles. The maximum absolute atomic E-state index is 12.6. The van der Waals surface area contributed by atoms with Crippen LogP contribution in [0.15, 0.2) is 5.11 Å². The number of aliphatic hydroxyl groups is 1. The Morgan fingerprint density at radius 1 is 1.58 bits per heavy atom. The Morgan fingerprint density at radius 3 is 2.75 bits per heavy atom. The molecule has 1 N–H and O–H groups in total. The Balaban J connectivity index is 2.59. The molecule has 1 saturated carbocycles. The number of hydrogen-bond donors (Lipinski definition) is 1. The van der Waals surface area contributed by atoms with Gasteiger partial charge in [-0.2, -0.15) is 0 Å². The van der Waals surface area contributed by atoms with Crippen LogP contribution >= 0.6 is 0 Å². The van der Waals surface area contributed by atoms with Gasteiger partial charge in [0.15, 0.2) is 0 Å². The third-order valence-corrected chi connectivity index (χ3v) is 1.96. The first kappa shape index (κ1) is 9.22. The molecule has 1 unspecified atom stereocenters. The number of aliphatic hydroxyl groups excluding tert-OH is 1. The Morgan fingerprint density at radius 2 is 2.25 bits per heavy atom. The van der Waals surface area contributed by atoms with Crippen molar-refractivity contribution in [3.05, 3.63) is 10.4 Å². The summed E-state index contributed by atoms with van der Waals surface area (Å²) in [5, 5.41) is 12.3. The summed E-state index contributed by atoms with van der Waals surface area (Å²) in [6.45, 7) is 0. The molecule has 2 atom stereocenters. The standard InChI is InChI=1S/C6H9F2N3O/c7-6(8)2-1-4(10-11-9)5(12)3-6/h4-5,12H,1-3H2/t4?,5-/m0/s1. The van der Waals surface area contributed by atoms with Gasteiger partial charge in [0.2, 0.25) is 0 Å². The molecule has 68 valence electrons. The van der Waals surface area contributed by atoms with E-state index in [1.165, 1.54) is 0 Å². The highest BCUT2D eigenvalue weighted by atomic mass is 19.3. The molecule has 0 aromatic rings. The fourth-order valence-corrected chi connectivity index (χ4v) is 1.30. The van der Waals surface area contributed by atoms with Crippen molar-refractivity contribution >= 4 is 0 Å².